The fourth-order valence-electron chi connectivity index (χ4n) is 3.89. The van der Waals surface area contributed by atoms with Gasteiger partial charge < -0.3 is 9.64 Å². The molecule has 168 valence electrons. The second kappa shape index (κ2) is 10.3. The first-order chi connectivity index (χ1) is 15.5. The summed E-state index contributed by atoms with van der Waals surface area (Å²) in [5, 5.41) is 1.16. The summed E-state index contributed by atoms with van der Waals surface area (Å²) in [4.78, 5) is 32.4. The lowest BCUT2D eigenvalue weighted by Crippen LogP contribution is -2.30. The van der Waals surface area contributed by atoms with Crippen LogP contribution in [0.4, 0.5) is 0 Å². The van der Waals surface area contributed by atoms with E-state index < -0.39 is 0 Å². The van der Waals surface area contributed by atoms with Crippen molar-refractivity contribution in [1.29, 1.82) is 0 Å². The second-order valence-corrected chi connectivity index (χ2v) is 9.11. The molecule has 7 heteroatoms. The van der Waals surface area contributed by atoms with Gasteiger partial charge in [0.1, 0.15) is 0 Å². The van der Waals surface area contributed by atoms with Crippen LogP contribution >= 0.6 is 11.8 Å². The number of hydrogen-bond donors (Lipinski definition) is 0. The van der Waals surface area contributed by atoms with Crippen molar-refractivity contribution in [1.82, 2.24) is 14.5 Å². The van der Waals surface area contributed by atoms with Gasteiger partial charge in [0.15, 0.2) is 5.16 Å². The van der Waals surface area contributed by atoms with Gasteiger partial charge in [0.2, 0.25) is 5.91 Å². The Bertz CT molecular complexity index is 1140. The van der Waals surface area contributed by atoms with E-state index >= 15 is 0 Å². The molecule has 0 bridgehead atoms. The van der Waals surface area contributed by atoms with Gasteiger partial charge in [-0.15, -0.1) is 0 Å². The van der Waals surface area contributed by atoms with Crippen LogP contribution in [-0.2, 0) is 29.0 Å². The molecule has 0 spiro atoms. The largest absolute Gasteiger partial charge is 0.376 e. The number of carbonyl (C=O) groups is 1. The number of fused-ring (bicyclic) bond motifs is 1. The van der Waals surface area contributed by atoms with E-state index in [4.69, 9.17) is 9.72 Å². The maximum Gasteiger partial charge on any atom is 0.262 e. The third-order valence-corrected chi connectivity index (χ3v) is 6.80. The molecule has 2 heterocycles. The molecule has 32 heavy (non-hydrogen) atoms. The van der Waals surface area contributed by atoms with Gasteiger partial charge in [-0.2, -0.15) is 0 Å². The van der Waals surface area contributed by atoms with E-state index in [1.165, 1.54) is 17.3 Å². The number of aromatic nitrogens is 2. The lowest BCUT2D eigenvalue weighted by molar-refractivity contribution is -0.127. The number of nitrogens with zero attached hydrogens (tertiary/aromatic N) is 3. The first-order valence-electron chi connectivity index (χ1n) is 11.1. The molecule has 1 unspecified atom stereocenters. The van der Waals surface area contributed by atoms with Gasteiger partial charge in [-0.25, -0.2) is 4.98 Å². The summed E-state index contributed by atoms with van der Waals surface area (Å²) in [6.07, 6.45) is 2.95. The first-order valence-corrected chi connectivity index (χ1v) is 12.1. The number of aryl methyl sites for hydroxylation is 1. The predicted octanol–water partition coefficient (Wildman–Crippen LogP) is 3.89. The predicted molar refractivity (Wildman–Crippen MR) is 128 cm³/mol. The number of benzene rings is 2. The highest BCUT2D eigenvalue weighted by molar-refractivity contribution is 7.99. The van der Waals surface area contributed by atoms with Crippen molar-refractivity contribution in [2.24, 2.45) is 0 Å². The molecule has 1 saturated heterocycles. The molecular formula is C25H29N3O3S. The Hall–Kier alpha value is -2.64. The monoisotopic (exact) mass is 451 g/mol. The third kappa shape index (κ3) is 5.22. The van der Waals surface area contributed by atoms with Crippen LogP contribution in [0.15, 0.2) is 58.5 Å². The first kappa shape index (κ1) is 22.6. The zero-order chi connectivity index (χ0) is 22.5. The highest BCUT2D eigenvalue weighted by atomic mass is 32.2. The minimum atomic E-state index is -0.0783. The van der Waals surface area contributed by atoms with Crippen molar-refractivity contribution in [3.8, 4) is 0 Å². The number of rotatable bonds is 8. The Kier molecular flexibility index (Phi) is 7.27. The lowest BCUT2D eigenvalue weighted by atomic mass is 10.1. The molecule has 3 aromatic rings. The molecule has 0 N–H and O–H groups in total. The SMILES string of the molecule is CCc1ccc(CN(C)C(=O)CSc2nc3ccccc3c(=O)n2CC2CCCO2)cc1. The molecule has 0 saturated carbocycles. The van der Waals surface area contributed by atoms with Crippen LogP contribution in [0.3, 0.4) is 0 Å². The molecule has 1 aliphatic rings. The molecule has 2 aromatic carbocycles. The molecule has 1 amide bonds. The third-order valence-electron chi connectivity index (χ3n) is 5.84. The Morgan fingerprint density at radius 2 is 1.94 bits per heavy atom. The summed E-state index contributed by atoms with van der Waals surface area (Å²) in [6, 6.07) is 15.7. The van der Waals surface area contributed by atoms with Gasteiger partial charge >= 0.3 is 0 Å². The highest BCUT2D eigenvalue weighted by Crippen LogP contribution is 2.21. The van der Waals surface area contributed by atoms with Gasteiger partial charge in [-0.3, -0.25) is 14.2 Å². The molecule has 1 atom stereocenters. The smallest absolute Gasteiger partial charge is 0.262 e. The van der Waals surface area contributed by atoms with Gasteiger partial charge in [0, 0.05) is 20.2 Å². The van der Waals surface area contributed by atoms with E-state index in [1.54, 1.807) is 15.5 Å². The second-order valence-electron chi connectivity index (χ2n) is 8.17. The van der Waals surface area contributed by atoms with Crippen molar-refractivity contribution in [2.75, 3.05) is 19.4 Å². The van der Waals surface area contributed by atoms with Crippen LogP contribution in [-0.4, -0.2) is 45.9 Å². The molecule has 6 nitrogen and oxygen atoms in total. The number of para-hydroxylation sites is 1. The lowest BCUT2D eigenvalue weighted by Gasteiger charge is -2.19. The minimum absolute atomic E-state index is 0.000594. The van der Waals surface area contributed by atoms with Crippen LogP contribution < -0.4 is 5.56 Å². The standard InChI is InChI=1S/C25H29N3O3S/c1-3-18-10-12-19(13-11-18)15-27(2)23(29)17-32-25-26-22-9-5-4-8-21(22)24(30)28(25)16-20-7-6-14-31-20/h4-5,8-13,20H,3,6-7,14-17H2,1-2H3. The Morgan fingerprint density at radius 3 is 2.66 bits per heavy atom. The van der Waals surface area contributed by atoms with E-state index in [-0.39, 0.29) is 23.3 Å². The number of hydrogen-bond acceptors (Lipinski definition) is 5. The van der Waals surface area contributed by atoms with E-state index in [1.807, 2.05) is 25.2 Å². The average Bonchev–Trinajstić information content (AvgIpc) is 3.33. The summed E-state index contributed by atoms with van der Waals surface area (Å²) in [5.74, 6) is 0.223. The zero-order valence-corrected chi connectivity index (χ0v) is 19.4. The molecule has 1 aromatic heterocycles. The van der Waals surface area contributed by atoms with Gasteiger partial charge in [0.25, 0.3) is 5.56 Å². The van der Waals surface area contributed by atoms with Crippen molar-refractivity contribution in [3.05, 3.63) is 70.0 Å². The highest BCUT2D eigenvalue weighted by Gasteiger charge is 2.21. The summed E-state index contributed by atoms with van der Waals surface area (Å²) in [7, 11) is 1.81. The number of thioether (sulfide) groups is 1. The van der Waals surface area contributed by atoms with E-state index in [0.717, 1.165) is 31.4 Å². The van der Waals surface area contributed by atoms with E-state index in [2.05, 4.69) is 31.2 Å². The summed E-state index contributed by atoms with van der Waals surface area (Å²) >= 11 is 1.32. The van der Waals surface area contributed by atoms with Gasteiger partial charge in [-0.05, 0) is 42.5 Å². The Morgan fingerprint density at radius 1 is 1.19 bits per heavy atom. The van der Waals surface area contributed by atoms with E-state index in [9.17, 15) is 9.59 Å². The maximum absolute atomic E-state index is 13.2. The summed E-state index contributed by atoms with van der Waals surface area (Å²) in [6.45, 7) is 3.87. The molecular weight excluding hydrogens is 422 g/mol. The fraction of sp³-hybridized carbons (Fsp3) is 0.400. The number of carbonyl (C=O) groups excluding carboxylic acids is 1. The van der Waals surface area contributed by atoms with Crippen LogP contribution in [0.2, 0.25) is 0 Å². The average molecular weight is 452 g/mol. The van der Waals surface area contributed by atoms with Crippen molar-refractivity contribution < 1.29 is 9.53 Å². The van der Waals surface area contributed by atoms with Crippen molar-refractivity contribution in [3.63, 3.8) is 0 Å². The fourth-order valence-corrected chi connectivity index (χ4v) is 4.84. The molecule has 1 fully saturated rings. The van der Waals surface area contributed by atoms with Crippen LogP contribution in [0.5, 0.6) is 0 Å². The van der Waals surface area contributed by atoms with Gasteiger partial charge in [-0.1, -0.05) is 55.1 Å². The quantitative estimate of drug-likeness (QED) is 0.384. The normalized spacial score (nSPS) is 15.9. The van der Waals surface area contributed by atoms with Crippen molar-refractivity contribution in [2.45, 2.75) is 50.5 Å². The van der Waals surface area contributed by atoms with E-state index in [0.29, 0.717) is 29.1 Å². The van der Waals surface area contributed by atoms with Crippen LogP contribution in [0.25, 0.3) is 10.9 Å². The Labute approximate surface area is 192 Å². The summed E-state index contributed by atoms with van der Waals surface area (Å²) < 4.78 is 7.43. The zero-order valence-electron chi connectivity index (χ0n) is 18.6. The number of ether oxygens (including phenoxy) is 1. The van der Waals surface area contributed by atoms with Crippen molar-refractivity contribution >= 4 is 28.6 Å². The van der Waals surface area contributed by atoms with Crippen LogP contribution in [0.1, 0.15) is 30.9 Å². The maximum atomic E-state index is 13.2. The molecule has 0 aliphatic carbocycles. The Balaban J connectivity index is 1.49. The van der Waals surface area contributed by atoms with Crippen LogP contribution in [0, 0.1) is 0 Å². The number of amides is 1. The topological polar surface area (TPSA) is 64.4 Å². The molecule has 1 aliphatic heterocycles. The molecule has 0 radical (unpaired) electrons. The molecule has 4 rings (SSSR count). The van der Waals surface area contributed by atoms with Gasteiger partial charge in [0.05, 0.1) is 29.3 Å². The summed E-state index contributed by atoms with van der Waals surface area (Å²) in [5.41, 5.74) is 2.96. The minimum Gasteiger partial charge on any atom is -0.376 e.